The molecule has 1 aromatic heterocycles. The highest BCUT2D eigenvalue weighted by Gasteiger charge is 2.13. The standard InChI is InChI=1S/C15H19N3.ClH/c1-11-13-3-2-4-15(14(13)7-10-17-11)18-12-5-8-16-9-6-12;/h2-4,7,10,12,16,18H,5-6,8-9H2,1H3;1H. The summed E-state index contributed by atoms with van der Waals surface area (Å²) in [7, 11) is 0. The van der Waals surface area contributed by atoms with Crippen molar-refractivity contribution in [3.8, 4) is 0 Å². The molecule has 0 aliphatic carbocycles. The zero-order chi connectivity index (χ0) is 12.4. The molecule has 1 saturated heterocycles. The molecule has 2 N–H and O–H groups in total. The van der Waals surface area contributed by atoms with Gasteiger partial charge in [-0.05, 0) is 45.0 Å². The van der Waals surface area contributed by atoms with Crippen molar-refractivity contribution >= 4 is 28.9 Å². The van der Waals surface area contributed by atoms with Gasteiger partial charge in [0.2, 0.25) is 0 Å². The molecule has 1 aliphatic heterocycles. The Morgan fingerprint density at radius 2 is 1.95 bits per heavy atom. The predicted molar refractivity (Wildman–Crippen MR) is 83.2 cm³/mol. The Morgan fingerprint density at radius 1 is 1.16 bits per heavy atom. The smallest absolute Gasteiger partial charge is 0.0451 e. The van der Waals surface area contributed by atoms with Crippen LogP contribution >= 0.6 is 12.4 Å². The minimum absolute atomic E-state index is 0. The molecule has 0 bridgehead atoms. The van der Waals surface area contributed by atoms with Gasteiger partial charge >= 0.3 is 0 Å². The van der Waals surface area contributed by atoms with Crippen LogP contribution in [0.2, 0.25) is 0 Å². The first-order valence-corrected chi connectivity index (χ1v) is 6.66. The number of pyridine rings is 1. The van der Waals surface area contributed by atoms with E-state index >= 15 is 0 Å². The van der Waals surface area contributed by atoms with Crippen LogP contribution in [0.4, 0.5) is 5.69 Å². The predicted octanol–water partition coefficient (Wildman–Crippen LogP) is 3.13. The van der Waals surface area contributed by atoms with Crippen LogP contribution in [-0.2, 0) is 0 Å². The molecule has 3 nitrogen and oxygen atoms in total. The molecule has 3 rings (SSSR count). The van der Waals surface area contributed by atoms with Crippen LogP contribution in [0.5, 0.6) is 0 Å². The number of hydrogen-bond donors (Lipinski definition) is 2. The topological polar surface area (TPSA) is 37.0 Å². The third-order valence-corrected chi connectivity index (χ3v) is 3.70. The van der Waals surface area contributed by atoms with Crippen molar-refractivity contribution in [3.63, 3.8) is 0 Å². The molecule has 0 amide bonds. The van der Waals surface area contributed by atoms with Crippen molar-refractivity contribution in [1.82, 2.24) is 10.3 Å². The Morgan fingerprint density at radius 3 is 2.74 bits per heavy atom. The summed E-state index contributed by atoms with van der Waals surface area (Å²) in [5.74, 6) is 0. The van der Waals surface area contributed by atoms with Crippen LogP contribution in [0.1, 0.15) is 18.5 Å². The third-order valence-electron chi connectivity index (χ3n) is 3.70. The van der Waals surface area contributed by atoms with Gasteiger partial charge in [0.15, 0.2) is 0 Å². The number of benzene rings is 1. The van der Waals surface area contributed by atoms with Crippen LogP contribution in [-0.4, -0.2) is 24.1 Å². The molecule has 1 aromatic carbocycles. The first kappa shape index (κ1) is 14.1. The SMILES string of the molecule is Cc1nccc2c(NC3CCNCC3)cccc12.Cl. The lowest BCUT2D eigenvalue weighted by Gasteiger charge is -2.25. The number of piperidine rings is 1. The zero-order valence-electron chi connectivity index (χ0n) is 11.1. The molecule has 0 spiro atoms. The molecule has 0 saturated carbocycles. The minimum atomic E-state index is 0. The van der Waals surface area contributed by atoms with Gasteiger partial charge in [-0.2, -0.15) is 0 Å². The van der Waals surface area contributed by atoms with Gasteiger partial charge in [0.05, 0.1) is 0 Å². The van der Waals surface area contributed by atoms with E-state index in [9.17, 15) is 0 Å². The lowest BCUT2D eigenvalue weighted by molar-refractivity contribution is 0.479. The number of aromatic nitrogens is 1. The molecule has 19 heavy (non-hydrogen) atoms. The van der Waals surface area contributed by atoms with E-state index in [4.69, 9.17) is 0 Å². The van der Waals surface area contributed by atoms with Crippen molar-refractivity contribution in [1.29, 1.82) is 0 Å². The first-order valence-electron chi connectivity index (χ1n) is 6.66. The van der Waals surface area contributed by atoms with Crippen LogP contribution in [0.25, 0.3) is 10.8 Å². The fraction of sp³-hybridized carbons (Fsp3) is 0.400. The Kier molecular flexibility index (Phi) is 4.61. The van der Waals surface area contributed by atoms with E-state index in [0.717, 1.165) is 18.8 Å². The van der Waals surface area contributed by atoms with Gasteiger partial charge in [-0.25, -0.2) is 0 Å². The highest BCUT2D eigenvalue weighted by molar-refractivity contribution is 5.95. The average molecular weight is 278 g/mol. The maximum absolute atomic E-state index is 4.36. The number of fused-ring (bicyclic) bond motifs is 1. The fourth-order valence-electron chi connectivity index (χ4n) is 2.67. The maximum Gasteiger partial charge on any atom is 0.0451 e. The van der Waals surface area contributed by atoms with E-state index in [2.05, 4.69) is 46.8 Å². The summed E-state index contributed by atoms with van der Waals surface area (Å²) in [6.07, 6.45) is 4.28. The van der Waals surface area contributed by atoms with Crippen molar-refractivity contribution < 1.29 is 0 Å². The fourth-order valence-corrected chi connectivity index (χ4v) is 2.67. The lowest BCUT2D eigenvalue weighted by Crippen LogP contribution is -2.35. The number of aryl methyl sites for hydroxylation is 1. The lowest BCUT2D eigenvalue weighted by atomic mass is 10.0. The summed E-state index contributed by atoms with van der Waals surface area (Å²) in [4.78, 5) is 4.36. The van der Waals surface area contributed by atoms with Crippen molar-refractivity contribution in [2.75, 3.05) is 18.4 Å². The van der Waals surface area contributed by atoms with Crippen LogP contribution in [0.3, 0.4) is 0 Å². The summed E-state index contributed by atoms with van der Waals surface area (Å²) in [6.45, 7) is 4.29. The quantitative estimate of drug-likeness (QED) is 0.886. The number of hydrogen-bond acceptors (Lipinski definition) is 3. The number of nitrogens with one attached hydrogen (secondary N) is 2. The van der Waals surface area contributed by atoms with Gasteiger partial charge < -0.3 is 10.6 Å². The molecule has 0 radical (unpaired) electrons. The first-order chi connectivity index (χ1) is 8.84. The highest BCUT2D eigenvalue weighted by Crippen LogP contribution is 2.26. The van der Waals surface area contributed by atoms with E-state index < -0.39 is 0 Å². The number of anilines is 1. The molecule has 2 heterocycles. The summed E-state index contributed by atoms with van der Waals surface area (Å²) < 4.78 is 0. The highest BCUT2D eigenvalue weighted by atomic mass is 35.5. The largest absolute Gasteiger partial charge is 0.382 e. The number of halogens is 1. The van der Waals surface area contributed by atoms with Gasteiger partial charge in [0.25, 0.3) is 0 Å². The van der Waals surface area contributed by atoms with E-state index in [1.54, 1.807) is 0 Å². The Labute approximate surface area is 120 Å². The number of rotatable bonds is 2. The second kappa shape index (κ2) is 6.22. The van der Waals surface area contributed by atoms with Crippen molar-refractivity contribution in [3.05, 3.63) is 36.2 Å². The molecule has 2 aromatic rings. The van der Waals surface area contributed by atoms with Gasteiger partial charge in [0.1, 0.15) is 0 Å². The summed E-state index contributed by atoms with van der Waals surface area (Å²) >= 11 is 0. The Bertz CT molecular complexity index is 550. The Hall–Kier alpha value is -1.32. The van der Waals surface area contributed by atoms with Gasteiger partial charge in [-0.15, -0.1) is 12.4 Å². The van der Waals surface area contributed by atoms with Gasteiger partial charge in [0, 0.05) is 34.4 Å². The molecular weight excluding hydrogens is 258 g/mol. The summed E-state index contributed by atoms with van der Waals surface area (Å²) in [5.41, 5.74) is 2.34. The second-order valence-electron chi connectivity index (χ2n) is 4.97. The van der Waals surface area contributed by atoms with E-state index in [1.165, 1.54) is 29.3 Å². The normalized spacial score (nSPS) is 16.1. The van der Waals surface area contributed by atoms with E-state index in [1.807, 2.05) is 6.20 Å². The minimum Gasteiger partial charge on any atom is -0.382 e. The maximum atomic E-state index is 4.36. The Balaban J connectivity index is 0.00000133. The van der Waals surface area contributed by atoms with Gasteiger partial charge in [-0.3, -0.25) is 4.98 Å². The van der Waals surface area contributed by atoms with Crippen LogP contribution < -0.4 is 10.6 Å². The van der Waals surface area contributed by atoms with Gasteiger partial charge in [-0.1, -0.05) is 12.1 Å². The van der Waals surface area contributed by atoms with Crippen LogP contribution in [0, 0.1) is 6.92 Å². The zero-order valence-corrected chi connectivity index (χ0v) is 12.0. The summed E-state index contributed by atoms with van der Waals surface area (Å²) in [6, 6.07) is 9.12. The molecule has 0 atom stereocenters. The van der Waals surface area contributed by atoms with Crippen molar-refractivity contribution in [2.45, 2.75) is 25.8 Å². The summed E-state index contributed by atoms with van der Waals surface area (Å²) in [5, 5.41) is 9.61. The second-order valence-corrected chi connectivity index (χ2v) is 4.97. The monoisotopic (exact) mass is 277 g/mol. The molecular formula is C15H20ClN3. The van der Waals surface area contributed by atoms with E-state index in [-0.39, 0.29) is 12.4 Å². The molecule has 4 heteroatoms. The average Bonchev–Trinajstić information content (AvgIpc) is 2.41. The third kappa shape index (κ3) is 2.99. The molecule has 0 unspecified atom stereocenters. The van der Waals surface area contributed by atoms with Crippen LogP contribution in [0.15, 0.2) is 30.5 Å². The molecule has 1 fully saturated rings. The van der Waals surface area contributed by atoms with Crippen molar-refractivity contribution in [2.24, 2.45) is 0 Å². The van der Waals surface area contributed by atoms with E-state index in [0.29, 0.717) is 6.04 Å². The molecule has 1 aliphatic rings. The molecule has 102 valence electrons. The number of nitrogens with zero attached hydrogens (tertiary/aromatic N) is 1.